The number of aliphatic hydroxyl groups is 1. The van der Waals surface area contributed by atoms with Crippen molar-refractivity contribution in [3.05, 3.63) is 27.5 Å². The Hall–Kier alpha value is -1.11. The lowest BCUT2D eigenvalue weighted by Gasteiger charge is -2.29. The number of carbonyl (C=O) groups excluding carboxylic acids is 1. The van der Waals surface area contributed by atoms with E-state index in [2.05, 4.69) is 15.9 Å². The lowest BCUT2D eigenvalue weighted by molar-refractivity contribution is 0.0478. The minimum atomic E-state index is -0.421. The second-order valence-corrected chi connectivity index (χ2v) is 6.91. The van der Waals surface area contributed by atoms with E-state index in [1.807, 2.05) is 18.2 Å². The second kappa shape index (κ2) is 5.35. The van der Waals surface area contributed by atoms with E-state index >= 15 is 0 Å². The van der Waals surface area contributed by atoms with Gasteiger partial charge in [0.1, 0.15) is 4.88 Å². The van der Waals surface area contributed by atoms with Gasteiger partial charge in [-0.15, -0.1) is 11.3 Å². The topological polar surface area (TPSA) is 66.6 Å². The number of anilines is 1. The first-order valence-electron chi connectivity index (χ1n) is 6.51. The van der Waals surface area contributed by atoms with Crippen molar-refractivity contribution in [2.45, 2.75) is 18.9 Å². The van der Waals surface area contributed by atoms with Crippen molar-refractivity contribution in [3.8, 4) is 0 Å². The molecule has 0 spiro atoms. The molecule has 1 saturated heterocycles. The monoisotopic (exact) mass is 354 g/mol. The van der Waals surface area contributed by atoms with Crippen molar-refractivity contribution >= 4 is 48.9 Å². The highest BCUT2D eigenvalue weighted by Gasteiger charge is 2.26. The van der Waals surface area contributed by atoms with Gasteiger partial charge in [-0.25, -0.2) is 0 Å². The molecule has 0 radical (unpaired) electrons. The Kier molecular flexibility index (Phi) is 3.70. The van der Waals surface area contributed by atoms with Gasteiger partial charge >= 0.3 is 0 Å². The number of amides is 1. The molecule has 2 heterocycles. The third-order valence-corrected chi connectivity index (χ3v) is 5.40. The Labute approximate surface area is 129 Å². The van der Waals surface area contributed by atoms with E-state index < -0.39 is 6.10 Å². The standard InChI is InChI=1S/C14H15BrN2O2S/c15-9-4-1-5-10-11(9)12(16)13(20-10)14(19)17-6-2-3-8(18)7-17/h1,4-5,8,18H,2-3,6-7,16H2. The molecule has 1 aliphatic rings. The molecule has 3 N–H and O–H groups in total. The molecular formula is C14H15BrN2O2S. The summed E-state index contributed by atoms with van der Waals surface area (Å²) in [6.45, 7) is 1.08. The first kappa shape index (κ1) is 13.9. The summed E-state index contributed by atoms with van der Waals surface area (Å²) in [5.74, 6) is -0.0747. The Morgan fingerprint density at radius 2 is 2.30 bits per heavy atom. The first-order chi connectivity index (χ1) is 9.58. The molecule has 1 atom stereocenters. The summed E-state index contributed by atoms with van der Waals surface area (Å²) in [5, 5.41) is 10.6. The van der Waals surface area contributed by atoms with Gasteiger partial charge in [0.05, 0.1) is 11.8 Å². The number of thiophene rings is 1. The van der Waals surface area contributed by atoms with Crippen molar-refractivity contribution < 1.29 is 9.90 Å². The van der Waals surface area contributed by atoms with Gasteiger partial charge in [-0.05, 0) is 25.0 Å². The molecule has 2 aromatic rings. The number of carbonyl (C=O) groups is 1. The van der Waals surface area contributed by atoms with Crippen LogP contribution in [0.1, 0.15) is 22.5 Å². The number of nitrogens with two attached hydrogens (primary N) is 1. The van der Waals surface area contributed by atoms with Crippen molar-refractivity contribution in [1.29, 1.82) is 0 Å². The van der Waals surface area contributed by atoms with Gasteiger partial charge in [0.2, 0.25) is 0 Å². The molecule has 1 fully saturated rings. The van der Waals surface area contributed by atoms with E-state index in [4.69, 9.17) is 5.73 Å². The van der Waals surface area contributed by atoms with E-state index in [1.165, 1.54) is 11.3 Å². The maximum Gasteiger partial charge on any atom is 0.266 e. The van der Waals surface area contributed by atoms with Crippen LogP contribution in [-0.4, -0.2) is 35.1 Å². The molecule has 0 aliphatic carbocycles. The van der Waals surface area contributed by atoms with Crippen molar-refractivity contribution in [3.63, 3.8) is 0 Å². The highest BCUT2D eigenvalue weighted by molar-refractivity contribution is 9.10. The van der Waals surface area contributed by atoms with Crippen LogP contribution in [0.15, 0.2) is 22.7 Å². The normalized spacial score (nSPS) is 19.5. The van der Waals surface area contributed by atoms with E-state index in [1.54, 1.807) is 4.90 Å². The minimum absolute atomic E-state index is 0.0747. The number of hydrogen-bond acceptors (Lipinski definition) is 4. The van der Waals surface area contributed by atoms with Gasteiger partial charge < -0.3 is 15.7 Å². The maximum absolute atomic E-state index is 12.6. The summed E-state index contributed by atoms with van der Waals surface area (Å²) in [7, 11) is 0. The quantitative estimate of drug-likeness (QED) is 0.827. The van der Waals surface area contributed by atoms with Gasteiger partial charge in [-0.1, -0.05) is 22.0 Å². The average molecular weight is 355 g/mol. The smallest absolute Gasteiger partial charge is 0.266 e. The Morgan fingerprint density at radius 3 is 3.00 bits per heavy atom. The van der Waals surface area contributed by atoms with Crippen molar-refractivity contribution in [2.75, 3.05) is 18.8 Å². The molecule has 1 amide bonds. The van der Waals surface area contributed by atoms with Gasteiger partial charge in [0.15, 0.2) is 0 Å². The summed E-state index contributed by atoms with van der Waals surface area (Å²) in [6, 6.07) is 5.81. The number of aliphatic hydroxyl groups excluding tert-OH is 1. The fourth-order valence-electron chi connectivity index (χ4n) is 2.57. The number of halogens is 1. The summed E-state index contributed by atoms with van der Waals surface area (Å²) >= 11 is 4.89. The first-order valence-corrected chi connectivity index (χ1v) is 8.12. The molecule has 20 heavy (non-hydrogen) atoms. The number of benzene rings is 1. The van der Waals surface area contributed by atoms with Gasteiger partial charge in [0.25, 0.3) is 5.91 Å². The largest absolute Gasteiger partial charge is 0.397 e. The SMILES string of the molecule is Nc1c(C(=O)N2CCCC(O)C2)sc2cccc(Br)c12. The number of nitrogens with zero attached hydrogens (tertiary/aromatic N) is 1. The number of rotatable bonds is 1. The van der Waals surface area contributed by atoms with E-state index in [-0.39, 0.29) is 5.91 Å². The fraction of sp³-hybridized carbons (Fsp3) is 0.357. The number of piperidine rings is 1. The highest BCUT2D eigenvalue weighted by Crippen LogP contribution is 2.38. The third kappa shape index (κ3) is 2.32. The maximum atomic E-state index is 12.6. The predicted octanol–water partition coefficient (Wildman–Crippen LogP) is 2.84. The number of β-amino-alcohol motifs (C(OH)–C–C–N with tert-alkyl or cyclic N) is 1. The zero-order valence-electron chi connectivity index (χ0n) is 10.8. The molecule has 1 aromatic heterocycles. The van der Waals surface area contributed by atoms with E-state index in [0.717, 1.165) is 27.4 Å². The summed E-state index contributed by atoms with van der Waals surface area (Å²) in [5.41, 5.74) is 6.68. The minimum Gasteiger partial charge on any atom is -0.397 e. The number of likely N-dealkylation sites (tertiary alicyclic amines) is 1. The number of fused-ring (bicyclic) bond motifs is 1. The lowest BCUT2D eigenvalue weighted by atomic mass is 10.1. The van der Waals surface area contributed by atoms with Crippen LogP contribution in [0.25, 0.3) is 10.1 Å². The third-order valence-electron chi connectivity index (χ3n) is 3.58. The van der Waals surface area contributed by atoms with Crippen LogP contribution >= 0.6 is 27.3 Å². The lowest BCUT2D eigenvalue weighted by Crippen LogP contribution is -2.42. The van der Waals surface area contributed by atoms with Gasteiger partial charge in [-0.2, -0.15) is 0 Å². The molecular weight excluding hydrogens is 340 g/mol. The van der Waals surface area contributed by atoms with Gasteiger partial charge in [-0.3, -0.25) is 4.79 Å². The van der Waals surface area contributed by atoms with Crippen LogP contribution < -0.4 is 5.73 Å². The zero-order valence-corrected chi connectivity index (χ0v) is 13.2. The molecule has 3 rings (SSSR count). The van der Waals surface area contributed by atoms with Gasteiger partial charge in [0, 0.05) is 27.6 Å². The highest BCUT2D eigenvalue weighted by atomic mass is 79.9. The van der Waals surface area contributed by atoms with Crippen molar-refractivity contribution in [1.82, 2.24) is 4.90 Å². The number of nitrogen functional groups attached to an aromatic ring is 1. The molecule has 4 nitrogen and oxygen atoms in total. The van der Waals surface area contributed by atoms with Crippen LogP contribution in [0.3, 0.4) is 0 Å². The van der Waals surface area contributed by atoms with Crippen molar-refractivity contribution in [2.24, 2.45) is 0 Å². The van der Waals surface area contributed by atoms with Crippen LogP contribution in [0.2, 0.25) is 0 Å². The molecule has 0 saturated carbocycles. The predicted molar refractivity (Wildman–Crippen MR) is 85.1 cm³/mol. The molecule has 1 aliphatic heterocycles. The number of hydrogen-bond donors (Lipinski definition) is 2. The Bertz CT molecular complexity index is 670. The van der Waals surface area contributed by atoms with E-state index in [0.29, 0.717) is 23.7 Å². The fourth-order valence-corrected chi connectivity index (χ4v) is 4.40. The molecule has 106 valence electrons. The molecule has 1 aromatic carbocycles. The van der Waals surface area contributed by atoms with E-state index in [9.17, 15) is 9.90 Å². The molecule has 0 bridgehead atoms. The summed E-state index contributed by atoms with van der Waals surface area (Å²) in [6.07, 6.45) is 1.17. The second-order valence-electron chi connectivity index (χ2n) is 5.01. The summed E-state index contributed by atoms with van der Waals surface area (Å²) < 4.78 is 1.90. The Morgan fingerprint density at radius 1 is 1.50 bits per heavy atom. The van der Waals surface area contributed by atoms with Crippen LogP contribution in [0, 0.1) is 0 Å². The zero-order chi connectivity index (χ0) is 14.3. The molecule has 1 unspecified atom stereocenters. The summed E-state index contributed by atoms with van der Waals surface area (Å²) in [4.78, 5) is 14.8. The van der Waals surface area contributed by atoms with Crippen LogP contribution in [-0.2, 0) is 0 Å². The van der Waals surface area contributed by atoms with Crippen LogP contribution in [0.4, 0.5) is 5.69 Å². The Balaban J connectivity index is 1.99. The average Bonchev–Trinajstić information content (AvgIpc) is 2.76. The molecule has 6 heteroatoms. The van der Waals surface area contributed by atoms with Crippen LogP contribution in [0.5, 0.6) is 0 Å².